The topological polar surface area (TPSA) is 3.24 Å². The zero-order valence-electron chi connectivity index (χ0n) is 29.8. The Morgan fingerprint density at radius 1 is 0.309 bits per heavy atom. The minimum absolute atomic E-state index is 1.11. The van der Waals surface area contributed by atoms with Crippen molar-refractivity contribution in [3.63, 3.8) is 0 Å². The van der Waals surface area contributed by atoms with Gasteiger partial charge in [-0.05, 0) is 93.2 Å². The quantitative estimate of drug-likeness (QED) is 0.164. The van der Waals surface area contributed by atoms with Gasteiger partial charge in [-0.3, -0.25) is 0 Å². The summed E-state index contributed by atoms with van der Waals surface area (Å²) in [7, 11) is 0. The van der Waals surface area contributed by atoms with Gasteiger partial charge in [0.1, 0.15) is 0 Å². The molecule has 258 valence electrons. The van der Waals surface area contributed by atoms with E-state index in [-0.39, 0.29) is 0 Å². The molecule has 55 heavy (non-hydrogen) atoms. The molecule has 0 spiro atoms. The molecule has 2 heterocycles. The number of nitrogens with zero attached hydrogens (tertiary/aromatic N) is 1. The van der Waals surface area contributed by atoms with Gasteiger partial charge < -0.3 is 4.90 Å². The molecule has 9 aromatic carbocycles. The van der Waals surface area contributed by atoms with E-state index in [4.69, 9.17) is 0 Å². The summed E-state index contributed by atoms with van der Waals surface area (Å²) in [4.78, 5) is 2.45. The van der Waals surface area contributed by atoms with E-state index in [1.54, 1.807) is 0 Å². The molecule has 0 amide bonds. The molecule has 1 nitrogen and oxygen atoms in total. The lowest BCUT2D eigenvalue weighted by Gasteiger charge is -2.29. The van der Waals surface area contributed by atoms with E-state index < -0.39 is 0 Å². The minimum atomic E-state index is 1.11. The molecule has 0 bridgehead atoms. The number of para-hydroxylation sites is 1. The van der Waals surface area contributed by atoms with Gasteiger partial charge in [0.2, 0.25) is 0 Å². The van der Waals surface area contributed by atoms with Gasteiger partial charge in [-0.15, -0.1) is 22.7 Å². The fourth-order valence-electron chi connectivity index (χ4n) is 8.30. The van der Waals surface area contributed by atoms with Gasteiger partial charge in [0, 0.05) is 57.3 Å². The molecule has 3 heteroatoms. The van der Waals surface area contributed by atoms with Crippen LogP contribution in [0.4, 0.5) is 17.1 Å². The normalized spacial score (nSPS) is 11.6. The van der Waals surface area contributed by atoms with Crippen LogP contribution < -0.4 is 4.90 Å². The first-order valence-corrected chi connectivity index (χ1v) is 20.3. The number of rotatable bonds is 6. The second kappa shape index (κ2) is 13.1. The Morgan fingerprint density at radius 3 is 1.76 bits per heavy atom. The molecule has 0 radical (unpaired) electrons. The highest BCUT2D eigenvalue weighted by atomic mass is 32.1. The number of hydrogen-bond acceptors (Lipinski definition) is 3. The predicted molar refractivity (Wildman–Crippen MR) is 241 cm³/mol. The third kappa shape index (κ3) is 5.43. The summed E-state index contributed by atoms with van der Waals surface area (Å²) >= 11 is 3.74. The van der Waals surface area contributed by atoms with Gasteiger partial charge in [-0.25, -0.2) is 0 Å². The van der Waals surface area contributed by atoms with E-state index in [0.717, 1.165) is 17.1 Å². The molecule has 0 fully saturated rings. The first-order chi connectivity index (χ1) is 27.3. The van der Waals surface area contributed by atoms with Crippen molar-refractivity contribution in [3.8, 4) is 33.4 Å². The van der Waals surface area contributed by atoms with Crippen LogP contribution in [0.15, 0.2) is 200 Å². The van der Waals surface area contributed by atoms with Crippen LogP contribution in [0.25, 0.3) is 84.5 Å². The lowest BCUT2D eigenvalue weighted by Crippen LogP contribution is -2.11. The zero-order valence-corrected chi connectivity index (χ0v) is 31.4. The molecule has 0 N–H and O–H groups in total. The molecule has 0 saturated heterocycles. The third-order valence-electron chi connectivity index (χ3n) is 10.9. The Morgan fingerprint density at radius 2 is 0.873 bits per heavy atom. The summed E-state index contributed by atoms with van der Waals surface area (Å²) in [5.74, 6) is 0. The molecule has 0 aliphatic rings. The summed E-state index contributed by atoms with van der Waals surface area (Å²) in [6.07, 6.45) is 0. The van der Waals surface area contributed by atoms with Gasteiger partial charge in [-0.1, -0.05) is 146 Å². The molecule has 0 aliphatic heterocycles. The molecular weight excluding hydrogens is 703 g/mol. The van der Waals surface area contributed by atoms with Crippen molar-refractivity contribution >= 4 is 90.9 Å². The van der Waals surface area contributed by atoms with Gasteiger partial charge in [0.25, 0.3) is 0 Å². The Labute approximate surface area is 327 Å². The van der Waals surface area contributed by atoms with Crippen LogP contribution in [0.2, 0.25) is 0 Å². The first-order valence-electron chi connectivity index (χ1n) is 18.7. The van der Waals surface area contributed by atoms with Crippen molar-refractivity contribution in [1.29, 1.82) is 0 Å². The standard InChI is InChI=1S/C52H33NS2/c1-2-19-40-34(13-1)14-11-24-42(40)43-20-3-6-26-48(43)53(39-29-30-51-47(33-39)45-22-5-7-27-49(45)54-51)38-18-10-16-36(32-38)35-15-9-17-37(31-35)41-23-12-25-46-44-21-4-8-28-50(44)55-52(41)46/h1-33H. The van der Waals surface area contributed by atoms with Crippen LogP contribution >= 0.6 is 22.7 Å². The smallest absolute Gasteiger partial charge is 0.0540 e. The minimum Gasteiger partial charge on any atom is -0.310 e. The zero-order chi connectivity index (χ0) is 36.3. The summed E-state index contributed by atoms with van der Waals surface area (Å²) in [6.45, 7) is 0. The number of thiophene rings is 2. The molecule has 0 atom stereocenters. The highest BCUT2D eigenvalue weighted by Gasteiger charge is 2.20. The van der Waals surface area contributed by atoms with Crippen molar-refractivity contribution in [3.05, 3.63) is 200 Å². The van der Waals surface area contributed by atoms with E-state index in [2.05, 4.69) is 205 Å². The van der Waals surface area contributed by atoms with Crippen molar-refractivity contribution in [1.82, 2.24) is 0 Å². The fourth-order valence-corrected chi connectivity index (χ4v) is 10.6. The van der Waals surface area contributed by atoms with Crippen molar-refractivity contribution in [2.45, 2.75) is 0 Å². The Hall–Kier alpha value is -6.52. The SMILES string of the molecule is c1cc(-c2cccc(N(c3ccc4sc5ccccc5c4c3)c3ccccc3-c3cccc4ccccc34)c2)cc(-c2cccc3c2sc2ccccc23)c1. The van der Waals surface area contributed by atoms with Crippen molar-refractivity contribution in [2.24, 2.45) is 0 Å². The molecule has 2 aromatic heterocycles. The maximum atomic E-state index is 2.45. The summed E-state index contributed by atoms with van der Waals surface area (Å²) in [5, 5.41) is 7.71. The predicted octanol–water partition coefficient (Wildman–Crippen LogP) is 16.0. The van der Waals surface area contributed by atoms with Crippen molar-refractivity contribution < 1.29 is 0 Å². The fraction of sp³-hybridized carbons (Fsp3) is 0. The first kappa shape index (κ1) is 32.0. The van der Waals surface area contributed by atoms with Crippen LogP contribution in [0.3, 0.4) is 0 Å². The molecule has 0 unspecified atom stereocenters. The van der Waals surface area contributed by atoms with E-state index in [1.807, 2.05) is 22.7 Å². The lowest BCUT2D eigenvalue weighted by atomic mass is 9.95. The molecule has 0 aliphatic carbocycles. The second-order valence-corrected chi connectivity index (χ2v) is 16.2. The number of anilines is 3. The summed E-state index contributed by atoms with van der Waals surface area (Å²) in [6, 6.07) is 73.5. The maximum absolute atomic E-state index is 2.45. The molecule has 0 saturated carbocycles. The van der Waals surface area contributed by atoms with Crippen LogP contribution in [-0.2, 0) is 0 Å². The van der Waals surface area contributed by atoms with E-state index in [9.17, 15) is 0 Å². The highest BCUT2D eigenvalue weighted by Crippen LogP contribution is 2.46. The highest BCUT2D eigenvalue weighted by molar-refractivity contribution is 7.26. The Bertz CT molecular complexity index is 3230. The van der Waals surface area contributed by atoms with Gasteiger partial charge >= 0.3 is 0 Å². The van der Waals surface area contributed by atoms with Gasteiger partial charge in [-0.2, -0.15) is 0 Å². The van der Waals surface area contributed by atoms with Crippen molar-refractivity contribution in [2.75, 3.05) is 4.90 Å². The molecular formula is C52H33NS2. The number of fused-ring (bicyclic) bond motifs is 7. The largest absolute Gasteiger partial charge is 0.310 e. The monoisotopic (exact) mass is 735 g/mol. The average molecular weight is 736 g/mol. The second-order valence-electron chi connectivity index (χ2n) is 14.1. The lowest BCUT2D eigenvalue weighted by molar-refractivity contribution is 1.29. The summed E-state index contributed by atoms with van der Waals surface area (Å²) < 4.78 is 5.27. The Balaban J connectivity index is 1.09. The third-order valence-corrected chi connectivity index (χ3v) is 13.2. The van der Waals surface area contributed by atoms with Gasteiger partial charge in [0.15, 0.2) is 0 Å². The number of hydrogen-bond donors (Lipinski definition) is 0. The van der Waals surface area contributed by atoms with Gasteiger partial charge in [0.05, 0.1) is 5.69 Å². The number of benzene rings is 9. The molecule has 11 rings (SSSR count). The van der Waals surface area contributed by atoms with Crippen LogP contribution in [0, 0.1) is 0 Å². The van der Waals surface area contributed by atoms with E-state index in [1.165, 1.54) is 84.5 Å². The van der Waals surface area contributed by atoms with E-state index >= 15 is 0 Å². The van der Waals surface area contributed by atoms with E-state index in [0.29, 0.717) is 0 Å². The molecule has 11 aromatic rings. The van der Waals surface area contributed by atoms with Crippen LogP contribution in [0.1, 0.15) is 0 Å². The van der Waals surface area contributed by atoms with Crippen LogP contribution in [-0.4, -0.2) is 0 Å². The van der Waals surface area contributed by atoms with Crippen LogP contribution in [0.5, 0.6) is 0 Å². The Kier molecular flexibility index (Phi) is 7.61. The maximum Gasteiger partial charge on any atom is 0.0540 e. The average Bonchev–Trinajstić information content (AvgIpc) is 3.82. The summed E-state index contributed by atoms with van der Waals surface area (Å²) in [5.41, 5.74) is 10.7.